The van der Waals surface area contributed by atoms with Crippen molar-refractivity contribution in [2.45, 2.75) is 13.5 Å². The minimum Gasteiger partial charge on any atom is -0.496 e. The number of aryl methyl sites for hydroxylation is 1. The van der Waals surface area contributed by atoms with E-state index in [0.717, 1.165) is 5.56 Å². The first-order valence-electron chi connectivity index (χ1n) is 8.25. The predicted octanol–water partition coefficient (Wildman–Crippen LogP) is 4.10. The maximum absolute atomic E-state index is 12.5. The van der Waals surface area contributed by atoms with E-state index in [1.165, 1.54) is 12.1 Å². The average Bonchev–Trinajstić information content (AvgIpc) is 3.08. The number of amides is 1. The van der Waals surface area contributed by atoms with Crippen LogP contribution in [-0.4, -0.2) is 17.9 Å². The van der Waals surface area contributed by atoms with Crippen molar-refractivity contribution in [3.8, 4) is 17.1 Å². The summed E-state index contributed by atoms with van der Waals surface area (Å²) in [7, 11) is 1.57. The summed E-state index contributed by atoms with van der Waals surface area (Å²) >= 11 is 0. The number of nitrogens with zero attached hydrogens (tertiary/aromatic N) is 1. The van der Waals surface area contributed by atoms with Crippen LogP contribution in [0.3, 0.4) is 0 Å². The molecule has 27 heavy (non-hydrogen) atoms. The van der Waals surface area contributed by atoms with Gasteiger partial charge in [0.1, 0.15) is 11.5 Å². The molecule has 0 bridgehead atoms. The van der Waals surface area contributed by atoms with Crippen LogP contribution in [0.15, 0.2) is 59.0 Å². The SMILES string of the molecule is COc1ccccc1CNC(=O)c1oc(-c2cccc([N+](=O)[O-])c2)cc1C. The number of nitro benzene ring substituents is 1. The molecule has 0 aliphatic heterocycles. The van der Waals surface area contributed by atoms with Crippen LogP contribution < -0.4 is 10.1 Å². The fourth-order valence-corrected chi connectivity index (χ4v) is 2.73. The van der Waals surface area contributed by atoms with Gasteiger partial charge in [0.25, 0.3) is 11.6 Å². The molecule has 1 heterocycles. The molecule has 0 aliphatic rings. The fourth-order valence-electron chi connectivity index (χ4n) is 2.73. The monoisotopic (exact) mass is 366 g/mol. The second-order valence-corrected chi connectivity index (χ2v) is 5.92. The number of nitrogens with one attached hydrogen (secondary N) is 1. The zero-order valence-corrected chi connectivity index (χ0v) is 14.9. The molecule has 0 spiro atoms. The Balaban J connectivity index is 1.79. The van der Waals surface area contributed by atoms with Crippen molar-refractivity contribution in [1.82, 2.24) is 5.32 Å². The van der Waals surface area contributed by atoms with Crippen LogP contribution in [0.1, 0.15) is 21.7 Å². The number of hydrogen-bond acceptors (Lipinski definition) is 5. The maximum atomic E-state index is 12.5. The lowest BCUT2D eigenvalue weighted by atomic mass is 10.1. The zero-order chi connectivity index (χ0) is 19.4. The van der Waals surface area contributed by atoms with Gasteiger partial charge in [0.15, 0.2) is 5.76 Å². The number of furan rings is 1. The van der Waals surface area contributed by atoms with Crippen molar-refractivity contribution < 1.29 is 18.9 Å². The molecule has 0 radical (unpaired) electrons. The smallest absolute Gasteiger partial charge is 0.287 e. The molecule has 0 saturated heterocycles. The van der Waals surface area contributed by atoms with Crippen LogP contribution >= 0.6 is 0 Å². The van der Waals surface area contributed by atoms with Crippen molar-refractivity contribution >= 4 is 11.6 Å². The molecule has 0 saturated carbocycles. The molecule has 138 valence electrons. The highest BCUT2D eigenvalue weighted by Gasteiger charge is 2.18. The first-order valence-corrected chi connectivity index (χ1v) is 8.25. The second-order valence-electron chi connectivity index (χ2n) is 5.92. The van der Waals surface area contributed by atoms with Gasteiger partial charge in [0.2, 0.25) is 0 Å². The van der Waals surface area contributed by atoms with Gasteiger partial charge in [-0.2, -0.15) is 0 Å². The molecule has 0 fully saturated rings. The Morgan fingerprint density at radius 2 is 1.96 bits per heavy atom. The van der Waals surface area contributed by atoms with Crippen molar-refractivity contribution in [3.63, 3.8) is 0 Å². The number of carbonyl (C=O) groups is 1. The molecular formula is C20H18N2O5. The first kappa shape index (κ1) is 18.2. The number of ether oxygens (including phenoxy) is 1. The van der Waals surface area contributed by atoms with E-state index >= 15 is 0 Å². The number of rotatable bonds is 6. The minimum atomic E-state index is -0.472. The van der Waals surface area contributed by atoms with Crippen LogP contribution in [-0.2, 0) is 6.54 Å². The van der Waals surface area contributed by atoms with Crippen LogP contribution in [0.4, 0.5) is 5.69 Å². The highest BCUT2D eigenvalue weighted by atomic mass is 16.6. The van der Waals surface area contributed by atoms with Gasteiger partial charge in [0.05, 0.1) is 12.0 Å². The first-order chi connectivity index (χ1) is 13.0. The third-order valence-corrected chi connectivity index (χ3v) is 4.10. The van der Waals surface area contributed by atoms with Gasteiger partial charge in [0, 0.05) is 35.4 Å². The third-order valence-electron chi connectivity index (χ3n) is 4.10. The lowest BCUT2D eigenvalue weighted by Gasteiger charge is -2.09. The highest BCUT2D eigenvalue weighted by Crippen LogP contribution is 2.28. The van der Waals surface area contributed by atoms with E-state index in [9.17, 15) is 14.9 Å². The van der Waals surface area contributed by atoms with Crippen molar-refractivity contribution in [2.24, 2.45) is 0 Å². The second kappa shape index (κ2) is 7.74. The van der Waals surface area contributed by atoms with Gasteiger partial charge in [-0.25, -0.2) is 0 Å². The molecule has 1 N–H and O–H groups in total. The summed E-state index contributed by atoms with van der Waals surface area (Å²) in [6.45, 7) is 2.04. The Morgan fingerprint density at radius 3 is 2.70 bits per heavy atom. The average molecular weight is 366 g/mol. The summed E-state index contributed by atoms with van der Waals surface area (Å²) in [5.74, 6) is 0.895. The summed E-state index contributed by atoms with van der Waals surface area (Å²) < 4.78 is 10.9. The maximum Gasteiger partial charge on any atom is 0.287 e. The van der Waals surface area contributed by atoms with E-state index in [4.69, 9.17) is 9.15 Å². The standard InChI is InChI=1S/C20H18N2O5/c1-13-10-18(14-7-5-8-16(11-14)22(24)25)27-19(13)20(23)21-12-15-6-3-4-9-17(15)26-2/h3-11H,12H2,1-2H3,(H,21,23). The molecule has 2 aromatic carbocycles. The minimum absolute atomic E-state index is 0.0382. The molecule has 0 aliphatic carbocycles. The molecule has 3 rings (SSSR count). The van der Waals surface area contributed by atoms with Gasteiger partial charge in [-0.15, -0.1) is 0 Å². The lowest BCUT2D eigenvalue weighted by Crippen LogP contribution is -2.23. The van der Waals surface area contributed by atoms with E-state index in [1.54, 1.807) is 32.2 Å². The quantitative estimate of drug-likeness (QED) is 0.523. The van der Waals surface area contributed by atoms with Gasteiger partial charge in [-0.3, -0.25) is 14.9 Å². The topological polar surface area (TPSA) is 94.6 Å². The number of hydrogen-bond donors (Lipinski definition) is 1. The Labute approximate surface area is 155 Å². The fraction of sp³-hybridized carbons (Fsp3) is 0.150. The Hall–Kier alpha value is -3.61. The van der Waals surface area contributed by atoms with Crippen molar-refractivity contribution in [1.29, 1.82) is 0 Å². The summed E-state index contributed by atoms with van der Waals surface area (Å²) in [6, 6.07) is 15.2. The number of methoxy groups -OCH3 is 1. The van der Waals surface area contributed by atoms with E-state index in [-0.39, 0.29) is 23.9 Å². The molecule has 0 unspecified atom stereocenters. The number of para-hydroxylation sites is 1. The van der Waals surface area contributed by atoms with Gasteiger partial charge in [-0.1, -0.05) is 30.3 Å². The van der Waals surface area contributed by atoms with Gasteiger partial charge < -0.3 is 14.5 Å². The molecule has 1 amide bonds. The van der Waals surface area contributed by atoms with Crippen LogP contribution in [0.25, 0.3) is 11.3 Å². The summed E-state index contributed by atoms with van der Waals surface area (Å²) in [6.07, 6.45) is 0. The molecular weight excluding hydrogens is 348 g/mol. The van der Waals surface area contributed by atoms with E-state index in [2.05, 4.69) is 5.32 Å². The Kier molecular flexibility index (Phi) is 5.21. The van der Waals surface area contributed by atoms with Crippen molar-refractivity contribution in [2.75, 3.05) is 7.11 Å². The summed E-state index contributed by atoms with van der Waals surface area (Å²) in [5.41, 5.74) is 1.99. The summed E-state index contributed by atoms with van der Waals surface area (Å²) in [5, 5.41) is 13.7. The lowest BCUT2D eigenvalue weighted by molar-refractivity contribution is -0.384. The van der Waals surface area contributed by atoms with Crippen molar-refractivity contribution in [3.05, 3.63) is 81.6 Å². The van der Waals surface area contributed by atoms with E-state index < -0.39 is 4.92 Å². The van der Waals surface area contributed by atoms with Crippen LogP contribution in [0.2, 0.25) is 0 Å². The largest absolute Gasteiger partial charge is 0.496 e. The number of benzene rings is 2. The normalized spacial score (nSPS) is 10.4. The summed E-state index contributed by atoms with van der Waals surface area (Å²) in [4.78, 5) is 23.0. The van der Waals surface area contributed by atoms with Crippen LogP contribution in [0.5, 0.6) is 5.75 Å². The molecule has 1 aromatic heterocycles. The molecule has 0 atom stereocenters. The highest BCUT2D eigenvalue weighted by molar-refractivity contribution is 5.93. The van der Waals surface area contributed by atoms with Crippen LogP contribution in [0, 0.1) is 17.0 Å². The van der Waals surface area contributed by atoms with E-state index in [1.807, 2.05) is 24.3 Å². The number of carbonyl (C=O) groups excluding carboxylic acids is 1. The molecule has 7 nitrogen and oxygen atoms in total. The Morgan fingerprint density at radius 1 is 1.19 bits per heavy atom. The third kappa shape index (κ3) is 3.98. The Bertz CT molecular complexity index is 994. The number of non-ortho nitro benzene ring substituents is 1. The predicted molar refractivity (Wildman–Crippen MR) is 99.7 cm³/mol. The van der Waals surface area contributed by atoms with Gasteiger partial charge in [-0.05, 0) is 19.1 Å². The van der Waals surface area contributed by atoms with Gasteiger partial charge >= 0.3 is 0 Å². The molecule has 3 aromatic rings. The molecule has 7 heteroatoms. The van der Waals surface area contributed by atoms with E-state index in [0.29, 0.717) is 22.6 Å². The zero-order valence-electron chi connectivity index (χ0n) is 14.9. The number of nitro groups is 1.